The number of amides is 1. The summed E-state index contributed by atoms with van der Waals surface area (Å²) in [5.41, 5.74) is 0.546. The number of nitrogens with zero attached hydrogens (tertiary/aromatic N) is 2. The predicted octanol–water partition coefficient (Wildman–Crippen LogP) is 3.61. The Labute approximate surface area is 175 Å². The Bertz CT molecular complexity index is 942. The van der Waals surface area contributed by atoms with Crippen LogP contribution < -0.4 is 10.1 Å². The molecule has 4 rings (SSSR count). The average molecular weight is 437 g/mol. The number of hydrogen-bond acceptors (Lipinski definition) is 4. The highest BCUT2D eigenvalue weighted by atomic mass is 31.1. The number of ether oxygens (including phenoxy) is 1. The van der Waals surface area contributed by atoms with Gasteiger partial charge in [0.15, 0.2) is 0 Å². The first-order valence-corrected chi connectivity index (χ1v) is 10.8. The number of hydrogen-bond donors (Lipinski definition) is 1. The van der Waals surface area contributed by atoms with Gasteiger partial charge in [-0.2, -0.15) is 13.2 Å². The van der Waals surface area contributed by atoms with Gasteiger partial charge in [-0.1, -0.05) is 20.7 Å². The molecule has 1 aromatic carbocycles. The molecule has 0 bridgehead atoms. The second-order valence-corrected chi connectivity index (χ2v) is 8.94. The van der Waals surface area contributed by atoms with E-state index in [4.69, 9.17) is 4.74 Å². The molecule has 0 spiro atoms. The van der Waals surface area contributed by atoms with Gasteiger partial charge in [-0.3, -0.25) is 4.79 Å². The molecule has 1 fully saturated rings. The van der Waals surface area contributed by atoms with Gasteiger partial charge in [0, 0.05) is 38.0 Å². The molecule has 1 saturated heterocycles. The highest BCUT2D eigenvalue weighted by Gasteiger charge is 2.36. The van der Waals surface area contributed by atoms with Gasteiger partial charge >= 0.3 is 6.18 Å². The predicted molar refractivity (Wildman–Crippen MR) is 111 cm³/mol. The van der Waals surface area contributed by atoms with Crippen LogP contribution in [0.25, 0.3) is 5.31 Å². The Hall–Kier alpha value is -2.31. The third kappa shape index (κ3) is 4.12. The molecular weight excluding hydrogens is 414 g/mol. The molecule has 5 nitrogen and oxygen atoms in total. The standard InChI is InChI=1S/C21H23F3N3O2P/c1-13-11-26(8-7-25-13)15-4-6-20-27(12-15)19(28)10-18(30-20)14-3-5-17(29-2)16(9-14)21(22,23)24/h3-6,9-10,12-13,20,25,30H,7-8,11H2,1-2H3/t13-,20?/m0/s1. The topological polar surface area (TPSA) is 44.8 Å². The summed E-state index contributed by atoms with van der Waals surface area (Å²) < 4.78 is 45.0. The molecule has 3 atom stereocenters. The summed E-state index contributed by atoms with van der Waals surface area (Å²) in [7, 11) is 1.36. The molecule has 160 valence electrons. The quantitative estimate of drug-likeness (QED) is 0.734. The summed E-state index contributed by atoms with van der Waals surface area (Å²) in [6.07, 6.45) is 2.76. The van der Waals surface area contributed by atoms with Crippen molar-refractivity contribution in [2.45, 2.75) is 24.9 Å². The molecule has 0 aliphatic carbocycles. The Balaban J connectivity index is 1.60. The number of fused-ring (bicyclic) bond motifs is 1. The number of nitrogens with one attached hydrogen (secondary N) is 1. The van der Waals surface area contributed by atoms with Crippen molar-refractivity contribution in [2.24, 2.45) is 0 Å². The summed E-state index contributed by atoms with van der Waals surface area (Å²) in [6, 6.07) is 4.32. The zero-order chi connectivity index (χ0) is 21.5. The van der Waals surface area contributed by atoms with Gasteiger partial charge in [-0.25, -0.2) is 0 Å². The summed E-state index contributed by atoms with van der Waals surface area (Å²) in [5.74, 6) is -0.629. The van der Waals surface area contributed by atoms with Crippen LogP contribution >= 0.6 is 8.58 Å². The van der Waals surface area contributed by atoms with E-state index in [2.05, 4.69) is 17.1 Å². The van der Waals surface area contributed by atoms with Gasteiger partial charge in [0.1, 0.15) is 5.75 Å². The largest absolute Gasteiger partial charge is 0.496 e. The molecule has 1 N–H and O–H groups in total. The van der Waals surface area contributed by atoms with E-state index in [1.165, 1.54) is 19.3 Å². The summed E-state index contributed by atoms with van der Waals surface area (Å²) in [6.45, 7) is 4.73. The van der Waals surface area contributed by atoms with Crippen LogP contribution in [0.1, 0.15) is 18.1 Å². The number of allylic oxidation sites excluding steroid dienone is 1. The van der Waals surface area contributed by atoms with Crippen LogP contribution in [0.4, 0.5) is 13.2 Å². The van der Waals surface area contributed by atoms with Crippen LogP contribution in [-0.4, -0.2) is 54.3 Å². The molecule has 0 saturated carbocycles. The fourth-order valence-corrected chi connectivity index (χ4v) is 5.26. The van der Waals surface area contributed by atoms with E-state index < -0.39 is 11.7 Å². The Kier molecular flexibility index (Phi) is 5.64. The summed E-state index contributed by atoms with van der Waals surface area (Å²) in [4.78, 5) is 16.7. The fourth-order valence-electron chi connectivity index (χ4n) is 3.88. The molecule has 0 radical (unpaired) electrons. The van der Waals surface area contributed by atoms with Gasteiger partial charge in [-0.05, 0) is 36.0 Å². The van der Waals surface area contributed by atoms with E-state index in [1.807, 2.05) is 18.4 Å². The molecule has 30 heavy (non-hydrogen) atoms. The van der Waals surface area contributed by atoms with E-state index in [1.54, 1.807) is 11.0 Å². The zero-order valence-electron chi connectivity index (χ0n) is 16.7. The number of piperazine rings is 1. The maximum atomic E-state index is 13.4. The lowest BCUT2D eigenvalue weighted by molar-refractivity contribution is -0.138. The van der Waals surface area contributed by atoms with Crippen molar-refractivity contribution in [1.82, 2.24) is 15.1 Å². The van der Waals surface area contributed by atoms with Crippen molar-refractivity contribution < 1.29 is 22.7 Å². The average Bonchev–Trinajstić information content (AvgIpc) is 2.72. The third-order valence-electron chi connectivity index (χ3n) is 5.40. The van der Waals surface area contributed by atoms with Crippen LogP contribution in [0.15, 0.2) is 48.3 Å². The second-order valence-electron chi connectivity index (χ2n) is 7.52. The number of benzene rings is 1. The molecule has 9 heteroatoms. The van der Waals surface area contributed by atoms with E-state index in [-0.39, 0.29) is 26.0 Å². The van der Waals surface area contributed by atoms with Crippen molar-refractivity contribution in [3.8, 4) is 5.75 Å². The van der Waals surface area contributed by atoms with Crippen LogP contribution in [0.5, 0.6) is 5.75 Å². The molecule has 3 heterocycles. The number of alkyl halides is 3. The third-order valence-corrected chi connectivity index (χ3v) is 6.91. The lowest BCUT2D eigenvalue weighted by Gasteiger charge is -2.39. The number of carbonyl (C=O) groups is 1. The van der Waals surface area contributed by atoms with E-state index in [9.17, 15) is 18.0 Å². The molecular formula is C21H23F3N3O2P. The van der Waals surface area contributed by atoms with Gasteiger partial charge in [-0.15, -0.1) is 0 Å². The minimum atomic E-state index is -4.53. The first-order valence-electron chi connectivity index (χ1n) is 9.71. The molecule has 3 aliphatic heterocycles. The van der Waals surface area contributed by atoms with Crippen molar-refractivity contribution in [1.29, 1.82) is 0 Å². The van der Waals surface area contributed by atoms with Crippen molar-refractivity contribution in [3.05, 3.63) is 59.5 Å². The Morgan fingerprint density at radius 1 is 1.30 bits per heavy atom. The molecule has 3 aliphatic rings. The maximum Gasteiger partial charge on any atom is 0.419 e. The first-order chi connectivity index (χ1) is 14.3. The van der Waals surface area contributed by atoms with E-state index in [0.717, 1.165) is 31.4 Å². The number of halogens is 3. The van der Waals surface area contributed by atoms with Gasteiger partial charge in [0.05, 0.1) is 24.2 Å². The smallest absolute Gasteiger partial charge is 0.419 e. The molecule has 2 unspecified atom stereocenters. The number of carbonyl (C=O) groups excluding carboxylic acids is 1. The summed E-state index contributed by atoms with van der Waals surface area (Å²) in [5, 5.41) is 4.01. The summed E-state index contributed by atoms with van der Waals surface area (Å²) >= 11 is 0. The number of rotatable bonds is 3. The van der Waals surface area contributed by atoms with Crippen LogP contribution in [0.3, 0.4) is 0 Å². The minimum absolute atomic E-state index is 0.153. The van der Waals surface area contributed by atoms with E-state index in [0.29, 0.717) is 16.9 Å². The maximum absolute atomic E-state index is 13.4. The van der Waals surface area contributed by atoms with E-state index >= 15 is 0 Å². The molecule has 1 aromatic rings. The van der Waals surface area contributed by atoms with Gasteiger partial charge < -0.3 is 19.9 Å². The van der Waals surface area contributed by atoms with Crippen molar-refractivity contribution in [2.75, 3.05) is 26.7 Å². The SMILES string of the molecule is COc1ccc(C2=CC(=O)N3C=C(N4CCN[C@@H](C)C4)C=CC3P2)cc1C(F)(F)F. The second kappa shape index (κ2) is 8.08. The van der Waals surface area contributed by atoms with Crippen LogP contribution in [-0.2, 0) is 11.0 Å². The van der Waals surface area contributed by atoms with Gasteiger partial charge in [0.2, 0.25) is 0 Å². The normalized spacial score (nSPS) is 25.2. The Morgan fingerprint density at radius 2 is 2.10 bits per heavy atom. The lowest BCUT2D eigenvalue weighted by atomic mass is 10.1. The fraction of sp³-hybridized carbons (Fsp3) is 0.381. The lowest BCUT2D eigenvalue weighted by Crippen LogP contribution is -2.49. The van der Waals surface area contributed by atoms with Crippen molar-refractivity contribution in [3.63, 3.8) is 0 Å². The highest BCUT2D eigenvalue weighted by Crippen LogP contribution is 2.46. The monoisotopic (exact) mass is 437 g/mol. The highest BCUT2D eigenvalue weighted by molar-refractivity contribution is 7.51. The molecule has 0 aromatic heterocycles. The molecule has 1 amide bonds. The zero-order valence-corrected chi connectivity index (χ0v) is 17.7. The minimum Gasteiger partial charge on any atom is -0.496 e. The van der Waals surface area contributed by atoms with Gasteiger partial charge in [0.25, 0.3) is 5.91 Å². The van der Waals surface area contributed by atoms with Crippen LogP contribution in [0.2, 0.25) is 0 Å². The number of methoxy groups -OCH3 is 1. The first kappa shape index (κ1) is 20.9. The van der Waals surface area contributed by atoms with Crippen LogP contribution in [0, 0.1) is 0 Å². The van der Waals surface area contributed by atoms with Crippen molar-refractivity contribution >= 4 is 19.8 Å². The Morgan fingerprint density at radius 3 is 2.80 bits per heavy atom.